The predicted molar refractivity (Wildman–Crippen MR) is 159 cm³/mol. The molecule has 2 aromatic heterocycles. The highest BCUT2D eigenvalue weighted by Crippen LogP contribution is 2.37. The Morgan fingerprint density at radius 3 is 2.83 bits per heavy atom. The number of nitrogens with one attached hydrogen (secondary N) is 2. The Labute approximate surface area is 242 Å². The number of likely N-dealkylation sites (tertiary alicyclic amines) is 1. The number of hydrogen-bond acceptors (Lipinski definition) is 6. The molecule has 2 fully saturated rings. The molecule has 2 saturated heterocycles. The molecule has 2 aliphatic rings. The lowest BCUT2D eigenvalue weighted by atomic mass is 9.74. The van der Waals surface area contributed by atoms with Crippen molar-refractivity contribution in [3.05, 3.63) is 81.6 Å². The van der Waals surface area contributed by atoms with Crippen LogP contribution in [0.15, 0.2) is 64.9 Å². The van der Waals surface area contributed by atoms with Gasteiger partial charge in [0.15, 0.2) is 5.16 Å². The summed E-state index contributed by atoms with van der Waals surface area (Å²) >= 11 is 7.69. The number of amides is 1. The van der Waals surface area contributed by atoms with Crippen molar-refractivity contribution in [3.63, 3.8) is 0 Å². The lowest BCUT2D eigenvalue weighted by Gasteiger charge is -2.46. The molecule has 2 unspecified atom stereocenters. The van der Waals surface area contributed by atoms with Crippen molar-refractivity contribution < 1.29 is 4.79 Å². The normalized spacial score (nSPS) is 20.2. The number of aromatic nitrogens is 4. The minimum atomic E-state index is -0.494. The highest BCUT2D eigenvalue weighted by molar-refractivity contribution is 8.00. The summed E-state index contributed by atoms with van der Waals surface area (Å²) in [5, 5.41) is 4.58. The van der Waals surface area contributed by atoms with E-state index in [4.69, 9.17) is 16.6 Å². The second kappa shape index (κ2) is 11.4. The maximum atomic E-state index is 14.3. The van der Waals surface area contributed by atoms with Gasteiger partial charge in [0, 0.05) is 48.4 Å². The van der Waals surface area contributed by atoms with Gasteiger partial charge in [0.1, 0.15) is 0 Å². The first-order valence-corrected chi connectivity index (χ1v) is 15.1. The molecule has 1 amide bonds. The third-order valence-electron chi connectivity index (χ3n) is 8.15. The molecular formula is C30H33ClN6O2S. The average molecular weight is 577 g/mol. The molecule has 2 atom stereocenters. The number of piperidine rings is 2. The largest absolute Gasteiger partial charge is 0.348 e. The maximum Gasteiger partial charge on any atom is 0.266 e. The Balaban J connectivity index is 1.42. The number of nitrogens with zero attached hydrogens (tertiary/aromatic N) is 4. The fraction of sp³-hybridized carbons (Fsp3) is 0.400. The van der Waals surface area contributed by atoms with Crippen LogP contribution in [-0.4, -0.2) is 61.8 Å². The molecule has 1 spiro atoms. The third-order valence-corrected chi connectivity index (χ3v) is 9.53. The van der Waals surface area contributed by atoms with Crippen molar-refractivity contribution in [1.82, 2.24) is 29.7 Å². The maximum absolute atomic E-state index is 14.3. The van der Waals surface area contributed by atoms with Gasteiger partial charge in [-0.15, -0.1) is 0 Å². The minimum absolute atomic E-state index is 0.0704. The first-order chi connectivity index (χ1) is 19.4. The second-order valence-electron chi connectivity index (χ2n) is 11.0. The van der Waals surface area contributed by atoms with Gasteiger partial charge in [0.2, 0.25) is 5.91 Å². The number of aryl methyl sites for hydroxylation is 1. The van der Waals surface area contributed by atoms with E-state index in [-0.39, 0.29) is 16.9 Å². The van der Waals surface area contributed by atoms with E-state index >= 15 is 0 Å². The summed E-state index contributed by atoms with van der Waals surface area (Å²) in [6, 6.07) is 12.8. The summed E-state index contributed by atoms with van der Waals surface area (Å²) in [5.41, 5.74) is 2.99. The first-order valence-electron chi connectivity index (χ1n) is 13.8. The molecule has 0 saturated carbocycles. The summed E-state index contributed by atoms with van der Waals surface area (Å²) in [4.78, 5) is 42.6. The van der Waals surface area contributed by atoms with E-state index in [1.54, 1.807) is 35.3 Å². The standard InChI is InChI=1S/C30H33ClN6O2S/c1-20-6-2-9-24-26(20)35-29(37(27(24)38)23-8-3-7-21(31)14-23)40-25(15-22-16-33-19-34-22)28(39)36-13-5-11-30(18-36)10-4-12-32-17-30/h2-3,6-9,14,16,19,25,32H,4-5,10-13,15,17-18H2,1H3,(H,33,34). The van der Waals surface area contributed by atoms with E-state index < -0.39 is 5.25 Å². The van der Waals surface area contributed by atoms with Gasteiger partial charge in [0.25, 0.3) is 5.56 Å². The van der Waals surface area contributed by atoms with Crippen molar-refractivity contribution >= 4 is 40.2 Å². The van der Waals surface area contributed by atoms with Crippen LogP contribution in [-0.2, 0) is 11.2 Å². The number of carbonyl (C=O) groups excluding carboxylic acids is 1. The monoisotopic (exact) mass is 576 g/mol. The average Bonchev–Trinajstić information content (AvgIpc) is 3.47. The van der Waals surface area contributed by atoms with E-state index in [2.05, 4.69) is 15.3 Å². The fourth-order valence-corrected chi connectivity index (χ4v) is 7.53. The van der Waals surface area contributed by atoms with Crippen LogP contribution in [0, 0.1) is 12.3 Å². The number of para-hydroxylation sites is 1. The zero-order valence-electron chi connectivity index (χ0n) is 22.5. The van der Waals surface area contributed by atoms with Crippen LogP contribution in [0.4, 0.5) is 0 Å². The molecule has 10 heteroatoms. The van der Waals surface area contributed by atoms with E-state index in [0.717, 1.165) is 63.1 Å². The second-order valence-corrected chi connectivity index (χ2v) is 12.6. The third kappa shape index (κ3) is 5.42. The van der Waals surface area contributed by atoms with Gasteiger partial charge in [-0.25, -0.2) is 9.97 Å². The number of hydrogen-bond donors (Lipinski definition) is 2. The number of carbonyl (C=O) groups is 1. The van der Waals surface area contributed by atoms with E-state index in [1.165, 1.54) is 11.8 Å². The van der Waals surface area contributed by atoms with Gasteiger partial charge in [0.05, 0.1) is 28.2 Å². The molecule has 4 aromatic rings. The van der Waals surface area contributed by atoms with Crippen LogP contribution in [0.5, 0.6) is 0 Å². The Kier molecular flexibility index (Phi) is 7.70. The summed E-state index contributed by atoms with van der Waals surface area (Å²) in [6.07, 6.45) is 8.25. The Morgan fingerprint density at radius 1 is 1.20 bits per heavy atom. The molecule has 2 aromatic carbocycles. The summed E-state index contributed by atoms with van der Waals surface area (Å²) in [7, 11) is 0. The molecule has 4 heterocycles. The van der Waals surface area contributed by atoms with Gasteiger partial charge in [-0.2, -0.15) is 0 Å². The van der Waals surface area contributed by atoms with Crippen LogP contribution >= 0.6 is 23.4 Å². The number of halogens is 1. The highest BCUT2D eigenvalue weighted by Gasteiger charge is 2.40. The summed E-state index contributed by atoms with van der Waals surface area (Å²) < 4.78 is 1.59. The van der Waals surface area contributed by atoms with Crippen molar-refractivity contribution in [1.29, 1.82) is 0 Å². The molecule has 0 bridgehead atoms. The van der Waals surface area contributed by atoms with Gasteiger partial charge in [-0.1, -0.05) is 41.6 Å². The number of H-pyrrole nitrogens is 1. The molecule has 2 N–H and O–H groups in total. The van der Waals surface area contributed by atoms with Crippen LogP contribution in [0.1, 0.15) is 36.9 Å². The molecule has 40 heavy (non-hydrogen) atoms. The smallest absolute Gasteiger partial charge is 0.266 e. The number of imidazole rings is 1. The van der Waals surface area contributed by atoms with E-state index in [0.29, 0.717) is 33.2 Å². The number of benzene rings is 2. The fourth-order valence-electron chi connectivity index (χ4n) is 6.14. The first kappa shape index (κ1) is 27.1. The van der Waals surface area contributed by atoms with Crippen molar-refractivity contribution in [2.75, 3.05) is 26.2 Å². The van der Waals surface area contributed by atoms with Gasteiger partial charge < -0.3 is 15.2 Å². The van der Waals surface area contributed by atoms with Gasteiger partial charge in [-0.3, -0.25) is 14.2 Å². The number of fused-ring (bicyclic) bond motifs is 1. The molecular weight excluding hydrogens is 544 g/mol. The lowest BCUT2D eigenvalue weighted by Crippen LogP contribution is -2.54. The summed E-state index contributed by atoms with van der Waals surface area (Å²) in [6.45, 7) is 5.44. The number of thioether (sulfide) groups is 1. The Hall–Kier alpha value is -3.14. The van der Waals surface area contributed by atoms with Crippen molar-refractivity contribution in [2.45, 2.75) is 49.4 Å². The molecule has 2 aliphatic heterocycles. The van der Waals surface area contributed by atoms with Crippen LogP contribution in [0.3, 0.4) is 0 Å². The molecule has 208 valence electrons. The number of aromatic amines is 1. The van der Waals surface area contributed by atoms with E-state index in [9.17, 15) is 9.59 Å². The molecule has 8 nitrogen and oxygen atoms in total. The SMILES string of the molecule is Cc1cccc2c(=O)n(-c3cccc(Cl)c3)c(SC(Cc3cnc[nH]3)C(=O)N3CCCC4(CCCNC4)C3)nc12. The molecule has 6 rings (SSSR count). The van der Waals surface area contributed by atoms with Crippen LogP contribution in [0.25, 0.3) is 16.6 Å². The Morgan fingerprint density at radius 2 is 2.05 bits per heavy atom. The number of rotatable bonds is 6. The molecule has 0 aliphatic carbocycles. The predicted octanol–water partition coefficient (Wildman–Crippen LogP) is 4.77. The van der Waals surface area contributed by atoms with Crippen LogP contribution in [0.2, 0.25) is 5.02 Å². The highest BCUT2D eigenvalue weighted by atomic mass is 35.5. The van der Waals surface area contributed by atoms with Crippen molar-refractivity contribution in [3.8, 4) is 5.69 Å². The van der Waals surface area contributed by atoms with Gasteiger partial charge in [-0.05, 0) is 69.0 Å². The Bertz CT molecular complexity index is 1580. The summed E-state index contributed by atoms with van der Waals surface area (Å²) in [5.74, 6) is 0.0704. The topological polar surface area (TPSA) is 95.9 Å². The van der Waals surface area contributed by atoms with Gasteiger partial charge >= 0.3 is 0 Å². The zero-order valence-corrected chi connectivity index (χ0v) is 24.1. The van der Waals surface area contributed by atoms with Crippen molar-refractivity contribution in [2.24, 2.45) is 5.41 Å². The minimum Gasteiger partial charge on any atom is -0.348 e. The zero-order chi connectivity index (χ0) is 27.7. The quantitative estimate of drug-likeness (QED) is 0.254. The van der Waals surface area contributed by atoms with E-state index in [1.807, 2.05) is 36.1 Å². The van der Waals surface area contributed by atoms with Crippen LogP contribution < -0.4 is 10.9 Å². The molecule has 0 radical (unpaired) electrons. The lowest BCUT2D eigenvalue weighted by molar-refractivity contribution is -0.134.